The van der Waals surface area contributed by atoms with Crippen LogP contribution in [0.1, 0.15) is 21.6 Å². The number of fused-ring (bicyclic) bond motifs is 1. The van der Waals surface area contributed by atoms with Crippen LogP contribution in [0.2, 0.25) is 0 Å². The van der Waals surface area contributed by atoms with Crippen LogP contribution < -0.4 is 5.32 Å². The summed E-state index contributed by atoms with van der Waals surface area (Å²) in [5.74, 6) is -0.469. The van der Waals surface area contributed by atoms with Gasteiger partial charge in [0, 0.05) is 72.0 Å². The van der Waals surface area contributed by atoms with Crippen molar-refractivity contribution < 1.29 is 23.8 Å². The number of β-amino-alcohol motifs (C(OH)–C–C–N with tert-alkyl or cyclic N) is 2. The molecule has 12 heteroatoms. The van der Waals surface area contributed by atoms with Gasteiger partial charge in [-0.25, -0.2) is 18.4 Å². The van der Waals surface area contributed by atoms with Gasteiger partial charge < -0.3 is 20.5 Å². The number of nitrogens with zero attached hydrogens (tertiary/aromatic N) is 5. The van der Waals surface area contributed by atoms with Crippen molar-refractivity contribution in [1.29, 1.82) is 0 Å². The van der Waals surface area contributed by atoms with E-state index in [9.17, 15) is 23.8 Å². The molecule has 1 saturated heterocycles. The van der Waals surface area contributed by atoms with E-state index >= 15 is 0 Å². The molecule has 1 fully saturated rings. The number of halogens is 2. The third-order valence-corrected chi connectivity index (χ3v) is 6.01. The number of aromatic amines is 1. The van der Waals surface area contributed by atoms with Gasteiger partial charge in [0.15, 0.2) is 5.82 Å². The maximum atomic E-state index is 12.9. The molecule has 4 heterocycles. The number of alkyl halides is 2. The fraction of sp³-hybridized carbons (Fsp3) is 0.304. The number of hydrogen-bond donors (Lipinski definition) is 4. The zero-order valence-electron chi connectivity index (χ0n) is 18.7. The van der Waals surface area contributed by atoms with E-state index in [1.165, 1.54) is 6.20 Å². The first-order valence-electron chi connectivity index (χ1n) is 11.0. The molecule has 4 aromatic rings. The minimum Gasteiger partial charge on any atom is -0.389 e. The van der Waals surface area contributed by atoms with Crippen molar-refractivity contribution in [2.45, 2.75) is 32.1 Å². The molecular weight excluding hydrogens is 460 g/mol. The van der Waals surface area contributed by atoms with E-state index in [0.29, 0.717) is 42.0 Å². The second kappa shape index (κ2) is 9.13. The van der Waals surface area contributed by atoms with Crippen LogP contribution in [0, 0.1) is 6.92 Å². The summed E-state index contributed by atoms with van der Waals surface area (Å²) in [6.45, 7) is 3.19. The number of rotatable bonds is 7. The summed E-state index contributed by atoms with van der Waals surface area (Å²) in [5, 5.41) is 27.5. The van der Waals surface area contributed by atoms with Crippen LogP contribution in [0.3, 0.4) is 0 Å². The van der Waals surface area contributed by atoms with Gasteiger partial charge in [-0.2, -0.15) is 10.1 Å². The van der Waals surface area contributed by atoms with Gasteiger partial charge in [-0.05, 0) is 25.1 Å². The van der Waals surface area contributed by atoms with Crippen LogP contribution in [0.4, 0.5) is 20.4 Å². The summed E-state index contributed by atoms with van der Waals surface area (Å²) < 4.78 is 27.5. The Hall–Kier alpha value is -3.74. The van der Waals surface area contributed by atoms with Crippen molar-refractivity contribution in [1.82, 2.24) is 29.6 Å². The van der Waals surface area contributed by atoms with Gasteiger partial charge in [-0.3, -0.25) is 9.69 Å². The fourth-order valence-electron chi connectivity index (χ4n) is 4.17. The molecule has 0 bridgehead atoms. The number of aryl methyl sites for hydroxylation is 1. The lowest BCUT2D eigenvalue weighted by atomic mass is 10.1. The smallest absolute Gasteiger partial charge is 0.300 e. The number of aromatic nitrogens is 5. The fourth-order valence-corrected chi connectivity index (χ4v) is 4.17. The Morgan fingerprint density at radius 3 is 2.77 bits per heavy atom. The van der Waals surface area contributed by atoms with Crippen molar-refractivity contribution in [3.05, 3.63) is 59.7 Å². The molecule has 182 valence electrons. The average molecular weight is 483 g/mol. The number of ketones is 1. The zero-order valence-corrected chi connectivity index (χ0v) is 18.7. The lowest BCUT2D eigenvalue weighted by Crippen LogP contribution is -2.22. The molecule has 0 radical (unpaired) electrons. The highest BCUT2D eigenvalue weighted by Crippen LogP contribution is 2.26. The standard InChI is InChI=1S/C23H23F2N7O3/c1-12-13(8-31-10-18(33)19(34)11-31)9-32(30-12)20-4-5-26-23(29-20)28-14-2-3-17-15(6-14)16(7-27-17)21(35)22(24)25/h2-7,9,18-19,22,27,33-34H,8,10-11H2,1H3,(H,26,28,29)/t18-,19+. The van der Waals surface area contributed by atoms with Gasteiger partial charge in [-0.15, -0.1) is 0 Å². The number of carbonyl (C=O) groups is 1. The Morgan fingerprint density at radius 2 is 2.03 bits per heavy atom. The van der Waals surface area contributed by atoms with Crippen LogP contribution in [-0.2, 0) is 6.54 Å². The molecule has 1 aliphatic heterocycles. The van der Waals surface area contributed by atoms with Gasteiger partial charge in [0.25, 0.3) is 0 Å². The highest BCUT2D eigenvalue weighted by atomic mass is 19.3. The quantitative estimate of drug-likeness (QED) is 0.294. The van der Waals surface area contributed by atoms with Crippen LogP contribution in [0.25, 0.3) is 16.7 Å². The molecule has 0 spiro atoms. The zero-order chi connectivity index (χ0) is 24.7. The molecule has 1 aliphatic rings. The molecule has 10 nitrogen and oxygen atoms in total. The largest absolute Gasteiger partial charge is 0.389 e. The van der Waals surface area contributed by atoms with Crippen molar-refractivity contribution in [2.75, 3.05) is 18.4 Å². The van der Waals surface area contributed by atoms with E-state index in [4.69, 9.17) is 0 Å². The number of likely N-dealkylation sites (tertiary alicyclic amines) is 1. The molecule has 0 saturated carbocycles. The number of Topliss-reactive ketones (excluding diaryl/α,β-unsaturated/α-hetero) is 1. The maximum Gasteiger partial charge on any atom is 0.300 e. The predicted octanol–water partition coefficient (Wildman–Crippen LogP) is 2.18. The minimum absolute atomic E-state index is 0.0779. The van der Waals surface area contributed by atoms with Gasteiger partial charge in [0.1, 0.15) is 0 Å². The van der Waals surface area contributed by atoms with E-state index in [2.05, 4.69) is 25.4 Å². The Morgan fingerprint density at radius 1 is 1.26 bits per heavy atom. The van der Waals surface area contributed by atoms with E-state index in [-0.39, 0.29) is 11.5 Å². The number of carbonyl (C=O) groups excluding carboxylic acids is 1. The van der Waals surface area contributed by atoms with Crippen LogP contribution in [0.5, 0.6) is 0 Å². The highest BCUT2D eigenvalue weighted by Gasteiger charge is 2.30. The Kier molecular flexibility index (Phi) is 6.01. The first kappa shape index (κ1) is 23.0. The van der Waals surface area contributed by atoms with Gasteiger partial charge in [0.2, 0.25) is 11.7 Å². The Labute approximate surface area is 198 Å². The monoisotopic (exact) mass is 483 g/mol. The normalized spacial score (nSPS) is 18.6. The SMILES string of the molecule is Cc1nn(-c2ccnc(Nc3ccc4[nH]cc(C(=O)C(F)F)c4c3)n2)cc1CN1C[C@@H](O)[C@@H](O)C1. The number of aliphatic hydroxyl groups excluding tert-OH is 2. The summed E-state index contributed by atoms with van der Waals surface area (Å²) in [5.41, 5.74) is 2.75. The van der Waals surface area contributed by atoms with Crippen LogP contribution in [-0.4, -0.2) is 77.4 Å². The van der Waals surface area contributed by atoms with Crippen molar-refractivity contribution >= 4 is 28.3 Å². The predicted molar refractivity (Wildman–Crippen MR) is 123 cm³/mol. The van der Waals surface area contributed by atoms with Crippen molar-refractivity contribution in [2.24, 2.45) is 0 Å². The van der Waals surface area contributed by atoms with Gasteiger partial charge >= 0.3 is 6.43 Å². The molecular formula is C23H23F2N7O3. The van der Waals surface area contributed by atoms with Crippen molar-refractivity contribution in [3.8, 4) is 5.82 Å². The first-order valence-corrected chi connectivity index (χ1v) is 11.0. The van der Waals surface area contributed by atoms with Crippen LogP contribution >= 0.6 is 0 Å². The third-order valence-electron chi connectivity index (χ3n) is 6.01. The molecule has 0 unspecified atom stereocenters. The number of hydrogen-bond acceptors (Lipinski definition) is 8. The number of H-pyrrole nitrogens is 1. The lowest BCUT2D eigenvalue weighted by Gasteiger charge is -2.13. The Balaban J connectivity index is 1.36. The summed E-state index contributed by atoms with van der Waals surface area (Å²) in [6, 6.07) is 6.69. The summed E-state index contributed by atoms with van der Waals surface area (Å²) in [4.78, 5) is 25.3. The molecule has 2 atom stereocenters. The Bertz CT molecular complexity index is 1380. The number of nitrogens with one attached hydrogen (secondary N) is 2. The summed E-state index contributed by atoms with van der Waals surface area (Å²) >= 11 is 0. The second-order valence-electron chi connectivity index (χ2n) is 8.50. The lowest BCUT2D eigenvalue weighted by molar-refractivity contribution is 0.0572. The van der Waals surface area contributed by atoms with Crippen LogP contribution in [0.15, 0.2) is 42.9 Å². The summed E-state index contributed by atoms with van der Waals surface area (Å²) in [7, 11) is 0. The summed E-state index contributed by atoms with van der Waals surface area (Å²) in [6.07, 6.45) is 0.0867. The van der Waals surface area contributed by atoms with E-state index in [0.717, 1.165) is 11.3 Å². The highest BCUT2D eigenvalue weighted by molar-refractivity contribution is 6.10. The second-order valence-corrected chi connectivity index (χ2v) is 8.50. The average Bonchev–Trinajstić information content (AvgIpc) is 3.50. The topological polar surface area (TPSA) is 132 Å². The van der Waals surface area contributed by atoms with Gasteiger partial charge in [0.05, 0.1) is 17.9 Å². The maximum absolute atomic E-state index is 12.9. The molecule has 35 heavy (non-hydrogen) atoms. The van der Waals surface area contributed by atoms with Crippen molar-refractivity contribution in [3.63, 3.8) is 0 Å². The molecule has 3 aromatic heterocycles. The number of benzene rings is 1. The molecule has 1 aromatic carbocycles. The van der Waals surface area contributed by atoms with E-state index in [1.54, 1.807) is 35.1 Å². The molecule has 0 amide bonds. The number of anilines is 2. The number of aliphatic hydroxyl groups is 2. The minimum atomic E-state index is -3.09. The van der Waals surface area contributed by atoms with E-state index in [1.807, 2.05) is 18.0 Å². The van der Waals surface area contributed by atoms with Gasteiger partial charge in [-0.1, -0.05) is 0 Å². The van der Waals surface area contributed by atoms with E-state index < -0.39 is 24.4 Å². The third kappa shape index (κ3) is 4.63. The molecule has 5 rings (SSSR count). The molecule has 0 aliphatic carbocycles. The molecule has 4 N–H and O–H groups in total. The first-order chi connectivity index (χ1) is 16.8.